The Morgan fingerprint density at radius 2 is 2.31 bits per heavy atom. The fraction of sp³-hybridized carbons (Fsp3) is 0.900. The first-order valence-corrected chi connectivity index (χ1v) is 5.10. The Morgan fingerprint density at radius 3 is 2.85 bits per heavy atom. The molecule has 2 unspecified atom stereocenters. The van der Waals surface area contributed by atoms with E-state index in [2.05, 4.69) is 6.92 Å². The summed E-state index contributed by atoms with van der Waals surface area (Å²) >= 11 is 0. The van der Waals surface area contributed by atoms with Gasteiger partial charge in [-0.3, -0.25) is 4.79 Å². The van der Waals surface area contributed by atoms with Gasteiger partial charge in [-0.1, -0.05) is 13.3 Å². The summed E-state index contributed by atoms with van der Waals surface area (Å²) in [7, 11) is 0. The lowest BCUT2D eigenvalue weighted by atomic mass is 10.1. The predicted molar refractivity (Wildman–Crippen MR) is 49.2 cm³/mol. The van der Waals surface area contributed by atoms with Gasteiger partial charge >= 0.3 is 5.97 Å². The molecule has 1 aliphatic rings. The lowest BCUT2D eigenvalue weighted by molar-refractivity contribution is -0.151. The van der Waals surface area contributed by atoms with Crippen molar-refractivity contribution in [2.24, 2.45) is 5.92 Å². The van der Waals surface area contributed by atoms with Crippen LogP contribution in [0, 0.1) is 5.92 Å². The molecule has 0 radical (unpaired) electrons. The predicted octanol–water partition coefficient (Wildman–Crippen LogP) is 1.49. The molecule has 0 aromatic heterocycles. The van der Waals surface area contributed by atoms with Crippen molar-refractivity contribution in [1.29, 1.82) is 0 Å². The zero-order chi connectivity index (χ0) is 9.68. The van der Waals surface area contributed by atoms with Gasteiger partial charge in [-0.15, -0.1) is 0 Å². The van der Waals surface area contributed by atoms with E-state index in [-0.39, 0.29) is 11.9 Å². The van der Waals surface area contributed by atoms with Gasteiger partial charge in [-0.2, -0.15) is 0 Å². The highest BCUT2D eigenvalue weighted by Crippen LogP contribution is 2.26. The second kappa shape index (κ2) is 5.22. The summed E-state index contributed by atoms with van der Waals surface area (Å²) < 4.78 is 5.04. The fourth-order valence-corrected chi connectivity index (χ4v) is 1.64. The van der Waals surface area contributed by atoms with Crippen LogP contribution in [0.2, 0.25) is 0 Å². The summed E-state index contributed by atoms with van der Waals surface area (Å²) in [6, 6.07) is 0. The molecule has 2 atom stereocenters. The van der Waals surface area contributed by atoms with E-state index in [1.807, 2.05) is 0 Å². The summed E-state index contributed by atoms with van der Waals surface area (Å²) in [5.41, 5.74) is 0. The number of esters is 1. The molecular formula is C10H18O3. The van der Waals surface area contributed by atoms with Crippen molar-refractivity contribution >= 4 is 5.97 Å². The van der Waals surface area contributed by atoms with Crippen LogP contribution in [0.15, 0.2) is 0 Å². The molecule has 3 nitrogen and oxygen atoms in total. The van der Waals surface area contributed by atoms with Crippen molar-refractivity contribution in [1.82, 2.24) is 0 Å². The summed E-state index contributed by atoms with van der Waals surface area (Å²) in [6.45, 7) is 2.55. The van der Waals surface area contributed by atoms with Crippen LogP contribution < -0.4 is 0 Å². The van der Waals surface area contributed by atoms with Crippen molar-refractivity contribution in [3.05, 3.63) is 0 Å². The van der Waals surface area contributed by atoms with Crippen LogP contribution in [0.25, 0.3) is 0 Å². The van der Waals surface area contributed by atoms with Gasteiger partial charge in [-0.25, -0.2) is 0 Å². The Balaban J connectivity index is 2.22. The van der Waals surface area contributed by atoms with Crippen LogP contribution >= 0.6 is 0 Å². The standard InChI is InChI=1S/C10H18O3/c1-2-3-7-13-10(12)8-5-4-6-9(8)11/h8-9,11H,2-7H2,1H3. The first-order chi connectivity index (χ1) is 6.25. The molecule has 0 aliphatic heterocycles. The first-order valence-electron chi connectivity index (χ1n) is 5.10. The number of ether oxygens (including phenoxy) is 1. The van der Waals surface area contributed by atoms with Crippen LogP contribution in [-0.4, -0.2) is 23.8 Å². The molecule has 1 rings (SSSR count). The van der Waals surface area contributed by atoms with Crippen LogP contribution in [0.1, 0.15) is 39.0 Å². The van der Waals surface area contributed by atoms with Gasteiger partial charge in [-0.05, 0) is 25.7 Å². The molecule has 0 amide bonds. The van der Waals surface area contributed by atoms with E-state index in [0.29, 0.717) is 6.61 Å². The molecule has 1 saturated carbocycles. The van der Waals surface area contributed by atoms with E-state index in [0.717, 1.165) is 32.1 Å². The Morgan fingerprint density at radius 1 is 1.54 bits per heavy atom. The smallest absolute Gasteiger partial charge is 0.311 e. The number of carbonyl (C=O) groups is 1. The minimum atomic E-state index is -0.464. The summed E-state index contributed by atoms with van der Waals surface area (Å²) in [5.74, 6) is -0.463. The highest BCUT2D eigenvalue weighted by Gasteiger charge is 2.32. The molecule has 1 fully saturated rings. The monoisotopic (exact) mass is 186 g/mol. The van der Waals surface area contributed by atoms with Crippen molar-refractivity contribution in [2.75, 3.05) is 6.61 Å². The third-order valence-electron chi connectivity index (χ3n) is 2.52. The lowest BCUT2D eigenvalue weighted by Crippen LogP contribution is -2.25. The molecule has 0 heterocycles. The maximum Gasteiger partial charge on any atom is 0.311 e. The van der Waals surface area contributed by atoms with E-state index >= 15 is 0 Å². The number of hydrogen-bond acceptors (Lipinski definition) is 3. The van der Waals surface area contributed by atoms with Crippen LogP contribution in [-0.2, 0) is 9.53 Å². The number of unbranched alkanes of at least 4 members (excludes halogenated alkanes) is 1. The number of rotatable bonds is 4. The summed E-state index contributed by atoms with van der Waals surface area (Å²) in [5, 5.41) is 9.42. The van der Waals surface area contributed by atoms with Gasteiger partial charge in [0.1, 0.15) is 0 Å². The van der Waals surface area contributed by atoms with Gasteiger partial charge < -0.3 is 9.84 Å². The van der Waals surface area contributed by atoms with Crippen molar-refractivity contribution in [3.63, 3.8) is 0 Å². The molecule has 0 aromatic rings. The van der Waals surface area contributed by atoms with Crippen molar-refractivity contribution < 1.29 is 14.6 Å². The van der Waals surface area contributed by atoms with Crippen molar-refractivity contribution in [3.8, 4) is 0 Å². The molecule has 0 aromatic carbocycles. The quantitative estimate of drug-likeness (QED) is 0.534. The maximum atomic E-state index is 11.3. The highest BCUT2D eigenvalue weighted by molar-refractivity contribution is 5.73. The van der Waals surface area contributed by atoms with E-state index in [4.69, 9.17) is 4.74 Å². The molecule has 0 saturated heterocycles. The van der Waals surface area contributed by atoms with E-state index in [1.165, 1.54) is 0 Å². The molecule has 13 heavy (non-hydrogen) atoms. The molecule has 3 heteroatoms. The number of hydrogen-bond donors (Lipinski definition) is 1. The second-order valence-corrected chi connectivity index (χ2v) is 3.63. The third kappa shape index (κ3) is 2.99. The summed E-state index contributed by atoms with van der Waals surface area (Å²) in [4.78, 5) is 11.3. The summed E-state index contributed by atoms with van der Waals surface area (Å²) in [6.07, 6.45) is 3.94. The van der Waals surface area contributed by atoms with Crippen LogP contribution in [0.4, 0.5) is 0 Å². The van der Waals surface area contributed by atoms with E-state index < -0.39 is 6.10 Å². The van der Waals surface area contributed by atoms with Gasteiger partial charge in [0.25, 0.3) is 0 Å². The molecule has 0 spiro atoms. The first kappa shape index (κ1) is 10.5. The number of aliphatic hydroxyl groups is 1. The van der Waals surface area contributed by atoms with Gasteiger partial charge in [0.2, 0.25) is 0 Å². The Hall–Kier alpha value is -0.570. The van der Waals surface area contributed by atoms with Gasteiger partial charge in [0.15, 0.2) is 0 Å². The molecule has 0 bridgehead atoms. The maximum absolute atomic E-state index is 11.3. The largest absolute Gasteiger partial charge is 0.465 e. The van der Waals surface area contributed by atoms with E-state index in [9.17, 15) is 9.90 Å². The molecule has 1 aliphatic carbocycles. The van der Waals surface area contributed by atoms with Gasteiger partial charge in [0.05, 0.1) is 18.6 Å². The Labute approximate surface area is 79.1 Å². The highest BCUT2D eigenvalue weighted by atomic mass is 16.5. The zero-order valence-corrected chi connectivity index (χ0v) is 8.16. The SMILES string of the molecule is CCCCOC(=O)C1CCCC1O. The fourth-order valence-electron chi connectivity index (χ4n) is 1.64. The Bertz CT molecular complexity index is 168. The number of carbonyl (C=O) groups excluding carboxylic acids is 1. The zero-order valence-electron chi connectivity index (χ0n) is 8.16. The minimum Gasteiger partial charge on any atom is -0.465 e. The number of aliphatic hydroxyl groups excluding tert-OH is 1. The second-order valence-electron chi connectivity index (χ2n) is 3.63. The van der Waals surface area contributed by atoms with Crippen molar-refractivity contribution in [2.45, 2.75) is 45.1 Å². The molecule has 76 valence electrons. The van der Waals surface area contributed by atoms with Crippen LogP contribution in [0.5, 0.6) is 0 Å². The lowest BCUT2D eigenvalue weighted by Gasteiger charge is -2.12. The normalized spacial score (nSPS) is 27.5. The van der Waals surface area contributed by atoms with E-state index in [1.54, 1.807) is 0 Å². The molecule has 1 N–H and O–H groups in total. The van der Waals surface area contributed by atoms with Gasteiger partial charge in [0, 0.05) is 0 Å². The topological polar surface area (TPSA) is 46.5 Å². The average molecular weight is 186 g/mol. The minimum absolute atomic E-state index is 0.210. The van der Waals surface area contributed by atoms with Crippen LogP contribution in [0.3, 0.4) is 0 Å². The Kier molecular flexibility index (Phi) is 4.22. The third-order valence-corrected chi connectivity index (χ3v) is 2.52. The molecular weight excluding hydrogens is 168 g/mol. The average Bonchev–Trinajstić information content (AvgIpc) is 2.52.